The lowest BCUT2D eigenvalue weighted by Gasteiger charge is -2.32. The number of aromatic nitrogens is 2. The zero-order chi connectivity index (χ0) is 22.1. The van der Waals surface area contributed by atoms with Crippen LogP contribution in [0.5, 0.6) is 0 Å². The molecule has 0 bridgehead atoms. The molecule has 2 aromatic heterocycles. The van der Waals surface area contributed by atoms with E-state index in [9.17, 15) is 9.18 Å². The lowest BCUT2D eigenvalue weighted by molar-refractivity contribution is 0.0706. The summed E-state index contributed by atoms with van der Waals surface area (Å²) in [6, 6.07) is 16.5. The van der Waals surface area contributed by atoms with Crippen molar-refractivity contribution in [3.8, 4) is 0 Å². The highest BCUT2D eigenvalue weighted by atomic mass is 32.1. The topological polar surface area (TPSA) is 46.1 Å². The zero-order valence-corrected chi connectivity index (χ0v) is 18.7. The van der Waals surface area contributed by atoms with E-state index in [2.05, 4.69) is 17.1 Å². The second-order valence-corrected chi connectivity index (χ2v) is 9.64. The minimum atomic E-state index is -0.222. The van der Waals surface area contributed by atoms with E-state index in [1.165, 1.54) is 12.1 Å². The molecule has 1 atom stereocenters. The molecule has 0 unspecified atom stereocenters. The van der Waals surface area contributed by atoms with Crippen molar-refractivity contribution in [3.63, 3.8) is 0 Å². The Morgan fingerprint density at radius 1 is 1.12 bits per heavy atom. The molecule has 0 N–H and O–H groups in total. The van der Waals surface area contributed by atoms with Crippen molar-refractivity contribution in [1.29, 1.82) is 0 Å². The summed E-state index contributed by atoms with van der Waals surface area (Å²) < 4.78 is 14.2. The number of hydrogen-bond donors (Lipinski definition) is 0. The van der Waals surface area contributed by atoms with Gasteiger partial charge in [0.25, 0.3) is 5.91 Å². The van der Waals surface area contributed by atoms with Crippen LogP contribution in [-0.2, 0) is 6.42 Å². The molecule has 1 fully saturated rings. The third kappa shape index (κ3) is 4.41. The Bertz CT molecular complexity index is 1250. The van der Waals surface area contributed by atoms with Crippen LogP contribution in [0.15, 0.2) is 60.8 Å². The largest absolute Gasteiger partial charge is 0.338 e. The van der Waals surface area contributed by atoms with Crippen molar-refractivity contribution in [3.05, 3.63) is 94.0 Å². The Kier molecular flexibility index (Phi) is 5.70. The molecule has 0 saturated carbocycles. The van der Waals surface area contributed by atoms with Crippen molar-refractivity contribution < 1.29 is 9.18 Å². The number of amides is 1. The first kappa shape index (κ1) is 20.8. The third-order valence-electron chi connectivity index (χ3n) is 6.04. The second kappa shape index (κ2) is 8.79. The summed E-state index contributed by atoms with van der Waals surface area (Å²) >= 11 is 1.62. The fourth-order valence-corrected chi connectivity index (χ4v) is 5.24. The van der Waals surface area contributed by atoms with Gasteiger partial charge in [0.15, 0.2) is 0 Å². The van der Waals surface area contributed by atoms with E-state index in [0.29, 0.717) is 6.54 Å². The third-order valence-corrected chi connectivity index (χ3v) is 6.97. The van der Waals surface area contributed by atoms with Gasteiger partial charge in [-0.3, -0.25) is 9.78 Å². The first-order chi connectivity index (χ1) is 15.5. The Morgan fingerprint density at radius 3 is 2.72 bits per heavy atom. The van der Waals surface area contributed by atoms with Gasteiger partial charge in [-0.15, -0.1) is 11.3 Å². The van der Waals surface area contributed by atoms with Crippen LogP contribution in [0.4, 0.5) is 4.39 Å². The maximum absolute atomic E-state index is 13.2. The Labute approximate surface area is 190 Å². The molecule has 162 valence electrons. The maximum Gasteiger partial charge on any atom is 0.253 e. The van der Waals surface area contributed by atoms with Crippen LogP contribution in [0.2, 0.25) is 0 Å². The average Bonchev–Trinajstić information content (AvgIpc) is 3.20. The van der Waals surface area contributed by atoms with E-state index in [1.807, 2.05) is 36.2 Å². The van der Waals surface area contributed by atoms with E-state index < -0.39 is 0 Å². The summed E-state index contributed by atoms with van der Waals surface area (Å²) in [5, 5.41) is 1.01. The summed E-state index contributed by atoms with van der Waals surface area (Å²) in [6.07, 6.45) is 4.63. The van der Waals surface area contributed by atoms with Crippen LogP contribution in [-0.4, -0.2) is 33.9 Å². The highest BCUT2D eigenvalue weighted by Gasteiger charge is 2.26. The molecular weight excluding hydrogens is 421 g/mol. The molecule has 4 nitrogen and oxygen atoms in total. The van der Waals surface area contributed by atoms with Crippen molar-refractivity contribution >= 4 is 27.5 Å². The van der Waals surface area contributed by atoms with Gasteiger partial charge < -0.3 is 4.90 Å². The quantitative estimate of drug-likeness (QED) is 0.402. The predicted molar refractivity (Wildman–Crippen MR) is 126 cm³/mol. The number of fused-ring (bicyclic) bond motifs is 1. The van der Waals surface area contributed by atoms with Gasteiger partial charge in [-0.2, -0.15) is 0 Å². The van der Waals surface area contributed by atoms with Gasteiger partial charge in [-0.1, -0.05) is 18.2 Å². The van der Waals surface area contributed by atoms with Gasteiger partial charge in [-0.25, -0.2) is 9.37 Å². The van der Waals surface area contributed by atoms with Gasteiger partial charge in [0.05, 0.1) is 15.2 Å². The standard InChI is InChI=1S/C26H24FN3OS/c1-17-29-24-11-7-20(14-25(24)32-17)26(31)30-12-2-3-21(16-30)23-10-6-19(15-28-23)13-18-4-8-22(27)9-5-18/h4-11,14-15,21H,2-3,12-13,16H2,1H3/t21-/m1/s1. The molecular formula is C26H24FN3OS. The summed E-state index contributed by atoms with van der Waals surface area (Å²) in [5.41, 5.74) is 4.86. The van der Waals surface area contributed by atoms with E-state index in [-0.39, 0.29) is 17.6 Å². The molecule has 0 spiro atoms. The number of thiazole rings is 1. The molecule has 0 radical (unpaired) electrons. The maximum atomic E-state index is 13.2. The van der Waals surface area contributed by atoms with Crippen LogP contribution in [0.3, 0.4) is 0 Å². The number of carbonyl (C=O) groups is 1. The number of nitrogens with zero attached hydrogens (tertiary/aromatic N) is 3. The number of pyridine rings is 1. The summed E-state index contributed by atoms with van der Waals surface area (Å²) in [6.45, 7) is 3.44. The number of rotatable bonds is 4. The number of benzene rings is 2. The molecule has 3 heterocycles. The molecule has 0 aliphatic carbocycles. The zero-order valence-electron chi connectivity index (χ0n) is 17.9. The van der Waals surface area contributed by atoms with Crippen LogP contribution < -0.4 is 0 Å². The van der Waals surface area contributed by atoms with Crippen molar-refractivity contribution in [2.45, 2.75) is 32.1 Å². The number of carbonyl (C=O) groups excluding carboxylic acids is 1. The number of halogens is 1. The van der Waals surface area contributed by atoms with Crippen LogP contribution >= 0.6 is 11.3 Å². The van der Waals surface area contributed by atoms with Crippen molar-refractivity contribution in [1.82, 2.24) is 14.9 Å². The molecule has 2 aromatic carbocycles. The number of hydrogen-bond acceptors (Lipinski definition) is 4. The second-order valence-electron chi connectivity index (χ2n) is 8.40. The Morgan fingerprint density at radius 2 is 1.94 bits per heavy atom. The summed E-state index contributed by atoms with van der Waals surface area (Å²) in [5.74, 6) is 0.0956. The normalized spacial score (nSPS) is 16.4. The van der Waals surface area contributed by atoms with E-state index >= 15 is 0 Å². The number of piperidine rings is 1. The van der Waals surface area contributed by atoms with Crippen LogP contribution in [0.25, 0.3) is 10.2 Å². The molecule has 4 aromatic rings. The predicted octanol–water partition coefficient (Wildman–Crippen LogP) is 5.75. The van der Waals surface area contributed by atoms with Gasteiger partial charge in [0.1, 0.15) is 5.82 Å². The van der Waals surface area contributed by atoms with Gasteiger partial charge in [0.2, 0.25) is 0 Å². The minimum Gasteiger partial charge on any atom is -0.338 e. The average molecular weight is 446 g/mol. The lowest BCUT2D eigenvalue weighted by Crippen LogP contribution is -2.39. The van der Waals surface area contributed by atoms with E-state index in [0.717, 1.165) is 63.4 Å². The van der Waals surface area contributed by atoms with E-state index in [1.54, 1.807) is 23.5 Å². The smallest absolute Gasteiger partial charge is 0.253 e. The fourth-order valence-electron chi connectivity index (χ4n) is 4.38. The minimum absolute atomic E-state index is 0.0792. The summed E-state index contributed by atoms with van der Waals surface area (Å²) in [7, 11) is 0. The molecule has 1 aliphatic heterocycles. The van der Waals surface area contributed by atoms with Crippen molar-refractivity contribution in [2.75, 3.05) is 13.1 Å². The molecule has 5 rings (SSSR count). The van der Waals surface area contributed by atoms with Crippen molar-refractivity contribution in [2.24, 2.45) is 0 Å². The monoisotopic (exact) mass is 445 g/mol. The van der Waals surface area contributed by atoms with E-state index in [4.69, 9.17) is 4.98 Å². The molecule has 1 aliphatic rings. The van der Waals surface area contributed by atoms with Crippen LogP contribution in [0.1, 0.15) is 50.9 Å². The Balaban J connectivity index is 1.27. The highest BCUT2D eigenvalue weighted by Crippen LogP contribution is 2.28. The van der Waals surface area contributed by atoms with Gasteiger partial charge >= 0.3 is 0 Å². The van der Waals surface area contributed by atoms with Crippen LogP contribution in [0, 0.1) is 12.7 Å². The molecule has 1 amide bonds. The fraction of sp³-hybridized carbons (Fsp3) is 0.269. The lowest BCUT2D eigenvalue weighted by atomic mass is 9.93. The first-order valence-corrected chi connectivity index (χ1v) is 11.7. The molecule has 1 saturated heterocycles. The van der Waals surface area contributed by atoms with Gasteiger partial charge in [-0.05, 0) is 73.7 Å². The summed E-state index contributed by atoms with van der Waals surface area (Å²) in [4.78, 5) is 24.3. The van der Waals surface area contributed by atoms with Gasteiger partial charge in [0, 0.05) is 36.5 Å². The Hall–Kier alpha value is -3.12. The number of likely N-dealkylation sites (tertiary alicyclic amines) is 1. The first-order valence-electron chi connectivity index (χ1n) is 10.9. The molecule has 32 heavy (non-hydrogen) atoms. The highest BCUT2D eigenvalue weighted by molar-refractivity contribution is 7.18. The SMILES string of the molecule is Cc1nc2ccc(C(=O)N3CCC[C@@H](c4ccc(Cc5ccc(F)cc5)cn4)C3)cc2s1. The molecule has 6 heteroatoms. The number of aryl methyl sites for hydroxylation is 1.